The first kappa shape index (κ1) is 37.3. The highest BCUT2D eigenvalue weighted by Crippen LogP contribution is 2.39. The molecule has 0 bridgehead atoms. The highest BCUT2D eigenvalue weighted by Gasteiger charge is 2.42. The molecule has 12 heteroatoms. The molecular formula is C34H27F10NO. The van der Waals surface area contributed by atoms with E-state index in [1.807, 2.05) is 6.92 Å². The summed E-state index contributed by atoms with van der Waals surface area (Å²) in [6.45, 7) is 11.7. The smallest absolute Gasteiger partial charge is 0.429 e. The highest BCUT2D eigenvalue weighted by atomic mass is 19.3. The molecule has 3 aromatic rings. The summed E-state index contributed by atoms with van der Waals surface area (Å²) in [6.07, 6.45) is 1.93. The van der Waals surface area contributed by atoms with Crippen molar-refractivity contribution in [3.63, 3.8) is 0 Å². The quantitative estimate of drug-likeness (QED) is 0.110. The van der Waals surface area contributed by atoms with Gasteiger partial charge in [-0.05, 0) is 60.9 Å². The topological polar surface area (TPSA) is 22.1 Å². The largest absolute Gasteiger partial charge is 0.432 e. The average Bonchev–Trinajstić information content (AvgIpc) is 2.99. The van der Waals surface area contributed by atoms with E-state index in [4.69, 9.17) is 0 Å². The lowest BCUT2D eigenvalue weighted by Gasteiger charge is -2.20. The maximum atomic E-state index is 15.0. The summed E-state index contributed by atoms with van der Waals surface area (Å²) in [5.41, 5.74) is -2.49. The summed E-state index contributed by atoms with van der Waals surface area (Å²) in [4.78, 5) is 4.11. The minimum Gasteiger partial charge on any atom is -0.429 e. The van der Waals surface area contributed by atoms with Crippen LogP contribution < -0.4 is 4.74 Å². The molecule has 0 amide bonds. The summed E-state index contributed by atoms with van der Waals surface area (Å²) in [5, 5.41) is 0. The van der Waals surface area contributed by atoms with Gasteiger partial charge in [0.2, 0.25) is 0 Å². The van der Waals surface area contributed by atoms with Crippen molar-refractivity contribution in [2.45, 2.75) is 32.3 Å². The molecule has 0 atom stereocenters. The Labute approximate surface area is 259 Å². The van der Waals surface area contributed by atoms with Gasteiger partial charge in [-0.15, -0.1) is 0 Å². The van der Waals surface area contributed by atoms with Gasteiger partial charge in [0, 0.05) is 36.9 Å². The van der Waals surface area contributed by atoms with Gasteiger partial charge in [0.05, 0.1) is 11.4 Å². The Morgan fingerprint density at radius 2 is 1.43 bits per heavy atom. The maximum Gasteiger partial charge on any atom is 0.432 e. The fourth-order valence-electron chi connectivity index (χ4n) is 3.65. The minimum atomic E-state index is -4.91. The molecule has 0 aliphatic rings. The Bertz CT molecular complexity index is 1600. The Balaban J connectivity index is 0.00000173. The van der Waals surface area contributed by atoms with Crippen LogP contribution in [0.3, 0.4) is 0 Å². The molecule has 0 radical (unpaired) electrons. The van der Waals surface area contributed by atoms with Gasteiger partial charge in [-0.1, -0.05) is 38.0 Å². The lowest BCUT2D eigenvalue weighted by Crippen LogP contribution is -2.25. The number of benzene rings is 2. The first-order valence-corrected chi connectivity index (χ1v) is 13.2. The van der Waals surface area contributed by atoms with Gasteiger partial charge in [-0.2, -0.15) is 8.78 Å². The van der Waals surface area contributed by atoms with Crippen LogP contribution in [0.15, 0.2) is 110 Å². The standard InChI is InChI=1S/C30H21F10NO.C4H6/c1-3-21(32)27(22(33)6-4-5-18(31)8-10-19-9-7-16(2)15-41-19)17-11-23(34)28(24(35)12-17)30(39,40)42-20-13-25(36)29(38)26(37)14-20;1-3-4-2/h3,6-9,11-15H,1,4-5,10H2,2H3;3-4H,1-2H2/b18-8+,22-6+,27-21+;. The van der Waals surface area contributed by atoms with E-state index in [1.54, 1.807) is 30.5 Å². The normalized spacial score (nSPS) is 12.5. The first-order chi connectivity index (χ1) is 21.6. The number of nitrogens with zero attached hydrogens (tertiary/aromatic N) is 1. The van der Waals surface area contributed by atoms with Crippen LogP contribution in [-0.2, 0) is 12.5 Å². The number of hydrogen-bond acceptors (Lipinski definition) is 2. The molecule has 46 heavy (non-hydrogen) atoms. The molecule has 0 aliphatic carbocycles. The molecule has 0 spiro atoms. The number of rotatable bonds is 12. The summed E-state index contributed by atoms with van der Waals surface area (Å²) in [6, 6.07) is 3.86. The number of halogens is 10. The number of allylic oxidation sites excluding steroid dienone is 9. The average molecular weight is 656 g/mol. The summed E-state index contributed by atoms with van der Waals surface area (Å²) >= 11 is 0. The molecule has 1 heterocycles. The van der Waals surface area contributed by atoms with Crippen LogP contribution in [0.4, 0.5) is 43.9 Å². The number of pyridine rings is 1. The van der Waals surface area contributed by atoms with E-state index in [2.05, 4.69) is 29.5 Å². The second kappa shape index (κ2) is 17.0. The van der Waals surface area contributed by atoms with Crippen molar-refractivity contribution in [1.29, 1.82) is 0 Å². The fourth-order valence-corrected chi connectivity index (χ4v) is 3.65. The molecule has 0 unspecified atom stereocenters. The van der Waals surface area contributed by atoms with Crippen molar-refractivity contribution in [3.05, 3.63) is 162 Å². The molecule has 0 aliphatic heterocycles. The number of aryl methyl sites for hydroxylation is 1. The molecule has 3 rings (SSSR count). The van der Waals surface area contributed by atoms with Gasteiger partial charge in [-0.3, -0.25) is 4.98 Å². The third-order valence-corrected chi connectivity index (χ3v) is 5.86. The lowest BCUT2D eigenvalue weighted by molar-refractivity contribution is -0.189. The Kier molecular flexibility index (Phi) is 13.8. The van der Waals surface area contributed by atoms with Crippen LogP contribution in [0.2, 0.25) is 0 Å². The van der Waals surface area contributed by atoms with Crippen molar-refractivity contribution >= 4 is 5.57 Å². The van der Waals surface area contributed by atoms with E-state index >= 15 is 0 Å². The van der Waals surface area contributed by atoms with Gasteiger partial charge in [0.1, 0.15) is 34.6 Å². The zero-order valence-corrected chi connectivity index (χ0v) is 24.3. The van der Waals surface area contributed by atoms with Crippen molar-refractivity contribution in [1.82, 2.24) is 4.98 Å². The van der Waals surface area contributed by atoms with Crippen LogP contribution in [0.25, 0.3) is 5.57 Å². The third kappa shape index (κ3) is 10.4. The number of aromatic nitrogens is 1. The van der Waals surface area contributed by atoms with Gasteiger partial charge >= 0.3 is 6.11 Å². The van der Waals surface area contributed by atoms with Crippen LogP contribution in [-0.4, -0.2) is 4.98 Å². The maximum absolute atomic E-state index is 15.0. The van der Waals surface area contributed by atoms with E-state index < -0.39 is 75.1 Å². The molecule has 0 N–H and O–H groups in total. The van der Waals surface area contributed by atoms with Crippen molar-refractivity contribution in [3.8, 4) is 5.75 Å². The molecule has 0 saturated heterocycles. The number of hydrogen-bond donors (Lipinski definition) is 0. The molecule has 0 fully saturated rings. The molecule has 1 aromatic heterocycles. The van der Waals surface area contributed by atoms with E-state index in [1.165, 1.54) is 6.08 Å². The second-order valence-corrected chi connectivity index (χ2v) is 9.31. The SMILES string of the molecule is C=C/C(F)=C(\C(F)=C/CC/C(F)=C\Cc1ccc(C)cn1)c1cc(F)c(C(F)(F)Oc2cc(F)c(F)c(F)c2)c(F)c1.C=CC=C. The van der Waals surface area contributed by atoms with Crippen LogP contribution >= 0.6 is 0 Å². The highest BCUT2D eigenvalue weighted by molar-refractivity contribution is 5.80. The predicted molar refractivity (Wildman–Crippen MR) is 156 cm³/mol. The van der Waals surface area contributed by atoms with Crippen LogP contribution in [0.1, 0.15) is 35.2 Å². The van der Waals surface area contributed by atoms with Gasteiger partial charge in [-0.25, -0.2) is 35.1 Å². The lowest BCUT2D eigenvalue weighted by atomic mass is 9.99. The van der Waals surface area contributed by atoms with E-state index in [0.717, 1.165) is 11.6 Å². The minimum absolute atomic E-state index is 0.0222. The Hall–Kier alpha value is -4.87. The number of alkyl halides is 2. The van der Waals surface area contributed by atoms with Crippen LogP contribution in [0, 0.1) is 36.0 Å². The van der Waals surface area contributed by atoms with Gasteiger partial charge in [0.15, 0.2) is 17.5 Å². The first-order valence-electron chi connectivity index (χ1n) is 13.2. The van der Waals surface area contributed by atoms with Gasteiger partial charge < -0.3 is 4.74 Å². The zero-order chi connectivity index (χ0) is 34.6. The predicted octanol–water partition coefficient (Wildman–Crippen LogP) is 11.2. The zero-order valence-electron chi connectivity index (χ0n) is 24.3. The monoisotopic (exact) mass is 655 g/mol. The van der Waals surface area contributed by atoms with E-state index in [-0.39, 0.29) is 43.5 Å². The van der Waals surface area contributed by atoms with Crippen LogP contribution in [0.5, 0.6) is 5.75 Å². The van der Waals surface area contributed by atoms with Crippen molar-refractivity contribution in [2.24, 2.45) is 0 Å². The van der Waals surface area contributed by atoms with Gasteiger partial charge in [0.25, 0.3) is 0 Å². The second-order valence-electron chi connectivity index (χ2n) is 9.31. The molecule has 2 aromatic carbocycles. The molecule has 244 valence electrons. The Morgan fingerprint density at radius 1 is 0.848 bits per heavy atom. The molecule has 0 saturated carbocycles. The summed E-state index contributed by atoms with van der Waals surface area (Å²) in [7, 11) is 0. The third-order valence-electron chi connectivity index (χ3n) is 5.86. The Morgan fingerprint density at radius 3 is 1.93 bits per heavy atom. The summed E-state index contributed by atoms with van der Waals surface area (Å²) in [5.74, 6) is -14.7. The van der Waals surface area contributed by atoms with Crippen molar-refractivity contribution < 1.29 is 48.6 Å². The molecular weight excluding hydrogens is 628 g/mol. The van der Waals surface area contributed by atoms with E-state index in [0.29, 0.717) is 11.8 Å². The molecule has 2 nitrogen and oxygen atoms in total. The van der Waals surface area contributed by atoms with E-state index in [9.17, 15) is 43.9 Å². The summed E-state index contributed by atoms with van der Waals surface area (Å²) < 4.78 is 146. The number of ether oxygens (including phenoxy) is 1. The fraction of sp³-hybridized carbons (Fsp3) is 0.147. The van der Waals surface area contributed by atoms with Crippen molar-refractivity contribution in [2.75, 3.05) is 0 Å².